The van der Waals surface area contributed by atoms with Gasteiger partial charge in [0.2, 0.25) is 5.91 Å². The van der Waals surface area contributed by atoms with E-state index in [9.17, 15) is 4.79 Å². The van der Waals surface area contributed by atoms with Crippen molar-refractivity contribution in [3.8, 4) is 0 Å². The van der Waals surface area contributed by atoms with Crippen molar-refractivity contribution in [2.75, 3.05) is 13.7 Å². The van der Waals surface area contributed by atoms with Crippen LogP contribution < -0.4 is 5.32 Å². The summed E-state index contributed by atoms with van der Waals surface area (Å²) in [5.74, 6) is 0.0566. The highest BCUT2D eigenvalue weighted by Crippen LogP contribution is 2.06. The number of hydrogen-bond acceptors (Lipinski definition) is 2. The minimum atomic E-state index is -0.155. The SMILES string of the molecule is CCC(COC)C(=O)NC(C)(C)C. The van der Waals surface area contributed by atoms with E-state index in [-0.39, 0.29) is 17.4 Å². The number of methoxy groups -OCH3 is 1. The number of amides is 1. The second kappa shape index (κ2) is 5.22. The van der Waals surface area contributed by atoms with Gasteiger partial charge in [0.1, 0.15) is 0 Å². The molecule has 0 saturated carbocycles. The molecule has 1 amide bonds. The van der Waals surface area contributed by atoms with Gasteiger partial charge in [0.25, 0.3) is 0 Å². The second-order valence-electron chi connectivity index (χ2n) is 4.30. The third-order valence-electron chi connectivity index (χ3n) is 1.73. The van der Waals surface area contributed by atoms with Gasteiger partial charge in [-0.05, 0) is 27.2 Å². The van der Waals surface area contributed by atoms with Crippen molar-refractivity contribution in [2.24, 2.45) is 5.92 Å². The molecular formula is C10H21NO2. The smallest absolute Gasteiger partial charge is 0.225 e. The fourth-order valence-corrected chi connectivity index (χ4v) is 1.05. The first-order valence-corrected chi connectivity index (χ1v) is 4.71. The van der Waals surface area contributed by atoms with Crippen molar-refractivity contribution >= 4 is 5.91 Å². The Morgan fingerprint density at radius 2 is 2.00 bits per heavy atom. The molecule has 0 aliphatic heterocycles. The van der Waals surface area contributed by atoms with Gasteiger partial charge >= 0.3 is 0 Å². The van der Waals surface area contributed by atoms with Crippen LogP contribution in [0.3, 0.4) is 0 Å². The van der Waals surface area contributed by atoms with Crippen LogP contribution in [0.1, 0.15) is 34.1 Å². The monoisotopic (exact) mass is 187 g/mol. The van der Waals surface area contributed by atoms with Gasteiger partial charge in [0.05, 0.1) is 12.5 Å². The normalized spacial score (nSPS) is 13.9. The predicted octanol–water partition coefficient (Wildman–Crippen LogP) is 1.57. The molecule has 3 heteroatoms. The van der Waals surface area contributed by atoms with E-state index in [4.69, 9.17) is 4.74 Å². The van der Waals surface area contributed by atoms with E-state index in [0.29, 0.717) is 6.61 Å². The summed E-state index contributed by atoms with van der Waals surface area (Å²) in [5.41, 5.74) is -0.155. The lowest BCUT2D eigenvalue weighted by atomic mass is 10.0. The van der Waals surface area contributed by atoms with E-state index in [0.717, 1.165) is 6.42 Å². The van der Waals surface area contributed by atoms with Crippen molar-refractivity contribution in [1.29, 1.82) is 0 Å². The van der Waals surface area contributed by atoms with Gasteiger partial charge in [-0.2, -0.15) is 0 Å². The van der Waals surface area contributed by atoms with Crippen molar-refractivity contribution < 1.29 is 9.53 Å². The molecule has 0 fully saturated rings. The predicted molar refractivity (Wildman–Crippen MR) is 53.6 cm³/mol. The summed E-state index contributed by atoms with van der Waals surface area (Å²) < 4.78 is 4.97. The molecular weight excluding hydrogens is 166 g/mol. The molecule has 78 valence electrons. The maximum atomic E-state index is 11.6. The Labute approximate surface area is 80.8 Å². The molecule has 0 spiro atoms. The number of ether oxygens (including phenoxy) is 1. The van der Waals surface area contributed by atoms with Crippen LogP contribution in [-0.4, -0.2) is 25.2 Å². The summed E-state index contributed by atoms with van der Waals surface area (Å²) in [6.45, 7) is 8.42. The summed E-state index contributed by atoms with van der Waals surface area (Å²) in [4.78, 5) is 11.6. The lowest BCUT2D eigenvalue weighted by molar-refractivity contribution is -0.128. The minimum Gasteiger partial charge on any atom is -0.384 e. The Morgan fingerprint density at radius 3 is 2.31 bits per heavy atom. The molecule has 0 aliphatic carbocycles. The van der Waals surface area contributed by atoms with Crippen LogP contribution in [-0.2, 0) is 9.53 Å². The van der Waals surface area contributed by atoms with Crippen LogP contribution >= 0.6 is 0 Å². The van der Waals surface area contributed by atoms with E-state index in [1.807, 2.05) is 27.7 Å². The third-order valence-corrected chi connectivity index (χ3v) is 1.73. The standard InChI is InChI=1S/C10H21NO2/c1-6-8(7-13-5)9(12)11-10(2,3)4/h8H,6-7H2,1-5H3,(H,11,12). The molecule has 1 N–H and O–H groups in total. The zero-order valence-electron chi connectivity index (χ0n) is 9.31. The van der Waals surface area contributed by atoms with E-state index < -0.39 is 0 Å². The molecule has 13 heavy (non-hydrogen) atoms. The first kappa shape index (κ1) is 12.4. The maximum absolute atomic E-state index is 11.6. The molecule has 0 heterocycles. The Balaban J connectivity index is 4.06. The average Bonchev–Trinajstić information content (AvgIpc) is 1.96. The molecule has 0 aromatic heterocycles. The van der Waals surface area contributed by atoms with E-state index in [1.54, 1.807) is 7.11 Å². The Bertz CT molecular complexity index is 161. The molecule has 0 aliphatic rings. The molecule has 0 radical (unpaired) electrons. The summed E-state index contributed by atoms with van der Waals surface area (Å²) in [6, 6.07) is 0. The summed E-state index contributed by atoms with van der Waals surface area (Å²) in [6.07, 6.45) is 0.815. The van der Waals surface area contributed by atoms with E-state index in [2.05, 4.69) is 5.32 Å². The molecule has 3 nitrogen and oxygen atoms in total. The van der Waals surface area contributed by atoms with E-state index >= 15 is 0 Å². The zero-order chi connectivity index (χ0) is 10.5. The Morgan fingerprint density at radius 1 is 1.46 bits per heavy atom. The highest BCUT2D eigenvalue weighted by atomic mass is 16.5. The summed E-state index contributed by atoms with van der Waals surface area (Å²) in [7, 11) is 1.62. The lowest BCUT2D eigenvalue weighted by Gasteiger charge is -2.24. The second-order valence-corrected chi connectivity index (χ2v) is 4.30. The highest BCUT2D eigenvalue weighted by molar-refractivity contribution is 5.79. The Hall–Kier alpha value is -0.570. The number of carbonyl (C=O) groups is 1. The van der Waals surface area contributed by atoms with Gasteiger partial charge in [-0.15, -0.1) is 0 Å². The van der Waals surface area contributed by atoms with Gasteiger partial charge in [-0.25, -0.2) is 0 Å². The summed E-state index contributed by atoms with van der Waals surface area (Å²) >= 11 is 0. The first-order chi connectivity index (χ1) is 5.90. The molecule has 0 aromatic carbocycles. The highest BCUT2D eigenvalue weighted by Gasteiger charge is 2.20. The van der Waals surface area contributed by atoms with Crippen LogP contribution in [0.4, 0.5) is 0 Å². The third kappa shape index (κ3) is 5.64. The molecule has 1 unspecified atom stereocenters. The molecule has 0 bridgehead atoms. The fourth-order valence-electron chi connectivity index (χ4n) is 1.05. The van der Waals surface area contributed by atoms with Crippen LogP contribution in [0, 0.1) is 5.92 Å². The van der Waals surface area contributed by atoms with Crippen molar-refractivity contribution in [3.63, 3.8) is 0 Å². The van der Waals surface area contributed by atoms with Gasteiger partial charge in [-0.1, -0.05) is 6.92 Å². The van der Waals surface area contributed by atoms with E-state index in [1.165, 1.54) is 0 Å². The molecule has 0 saturated heterocycles. The zero-order valence-corrected chi connectivity index (χ0v) is 9.31. The number of nitrogens with one attached hydrogen (secondary N) is 1. The fraction of sp³-hybridized carbons (Fsp3) is 0.900. The van der Waals surface area contributed by atoms with Crippen LogP contribution in [0.25, 0.3) is 0 Å². The quantitative estimate of drug-likeness (QED) is 0.725. The van der Waals surface area contributed by atoms with Crippen molar-refractivity contribution in [1.82, 2.24) is 5.32 Å². The average molecular weight is 187 g/mol. The van der Waals surface area contributed by atoms with Gasteiger partial charge in [0.15, 0.2) is 0 Å². The van der Waals surface area contributed by atoms with Gasteiger partial charge in [-0.3, -0.25) is 4.79 Å². The van der Waals surface area contributed by atoms with Crippen molar-refractivity contribution in [2.45, 2.75) is 39.7 Å². The summed E-state index contributed by atoms with van der Waals surface area (Å²) in [5, 5.41) is 2.94. The van der Waals surface area contributed by atoms with Crippen molar-refractivity contribution in [3.05, 3.63) is 0 Å². The van der Waals surface area contributed by atoms with Gasteiger partial charge in [0, 0.05) is 12.6 Å². The first-order valence-electron chi connectivity index (χ1n) is 4.71. The molecule has 1 atom stereocenters. The maximum Gasteiger partial charge on any atom is 0.225 e. The number of hydrogen-bond donors (Lipinski definition) is 1. The van der Waals surface area contributed by atoms with Crippen LogP contribution in [0.5, 0.6) is 0 Å². The molecule has 0 rings (SSSR count). The number of carbonyl (C=O) groups excluding carboxylic acids is 1. The lowest BCUT2D eigenvalue weighted by Crippen LogP contribution is -2.44. The van der Waals surface area contributed by atoms with Gasteiger partial charge < -0.3 is 10.1 Å². The largest absolute Gasteiger partial charge is 0.384 e. The Kier molecular flexibility index (Phi) is 4.99. The van der Waals surface area contributed by atoms with Crippen LogP contribution in [0.15, 0.2) is 0 Å². The minimum absolute atomic E-state index is 0.0239. The molecule has 0 aromatic rings. The van der Waals surface area contributed by atoms with Crippen LogP contribution in [0.2, 0.25) is 0 Å². The topological polar surface area (TPSA) is 38.3 Å². The number of rotatable bonds is 4.